The van der Waals surface area contributed by atoms with Gasteiger partial charge in [0.15, 0.2) is 0 Å². The van der Waals surface area contributed by atoms with Crippen LogP contribution in [0.4, 0.5) is 8.78 Å². The quantitative estimate of drug-likeness (QED) is 0.526. The van der Waals surface area contributed by atoms with Gasteiger partial charge in [0.2, 0.25) is 0 Å². The van der Waals surface area contributed by atoms with E-state index < -0.39 is 5.92 Å². The highest BCUT2D eigenvalue weighted by Gasteiger charge is 2.70. The van der Waals surface area contributed by atoms with Crippen LogP contribution in [0.15, 0.2) is 0 Å². The lowest BCUT2D eigenvalue weighted by Crippen LogP contribution is -2.23. The number of alkyl halides is 2. The predicted octanol–water partition coefficient (Wildman–Crippen LogP) is 1.84. The van der Waals surface area contributed by atoms with E-state index >= 15 is 0 Å². The van der Waals surface area contributed by atoms with Gasteiger partial charge in [-0.25, -0.2) is 8.78 Å². The van der Waals surface area contributed by atoms with Gasteiger partial charge >= 0.3 is 0 Å². The summed E-state index contributed by atoms with van der Waals surface area (Å²) in [5, 5.41) is 0. The maximum absolute atomic E-state index is 12.4. The molecule has 1 saturated carbocycles. The van der Waals surface area contributed by atoms with Crippen LogP contribution in [0.1, 0.15) is 13.8 Å². The molecule has 1 heterocycles. The zero-order chi connectivity index (χ0) is 8.65. The number of rotatable bonds is 0. The van der Waals surface area contributed by atoms with E-state index in [1.54, 1.807) is 0 Å². The third-order valence-corrected chi connectivity index (χ3v) is 2.38. The molecule has 2 rings (SSSR count). The van der Waals surface area contributed by atoms with Crippen molar-refractivity contribution in [1.82, 2.24) is 4.90 Å². The molecule has 0 amide bonds. The maximum Gasteiger partial charge on any atom is 0.257 e. The van der Waals surface area contributed by atoms with Gasteiger partial charge in [-0.05, 0) is 7.05 Å². The van der Waals surface area contributed by atoms with Crippen LogP contribution in [0.3, 0.4) is 0 Å². The molecule has 0 aromatic heterocycles. The van der Waals surface area contributed by atoms with Crippen LogP contribution in [-0.4, -0.2) is 31.0 Å². The van der Waals surface area contributed by atoms with Crippen LogP contribution in [0, 0.1) is 11.8 Å². The van der Waals surface area contributed by atoms with Gasteiger partial charge in [-0.3, -0.25) is 0 Å². The summed E-state index contributed by atoms with van der Waals surface area (Å²) in [6.07, 6.45) is 0. The molecule has 1 aliphatic heterocycles. The number of fused-ring (bicyclic) bond motifs is 1. The van der Waals surface area contributed by atoms with Crippen LogP contribution in [0.5, 0.6) is 0 Å². The van der Waals surface area contributed by atoms with Gasteiger partial charge in [0.05, 0.1) is 0 Å². The van der Waals surface area contributed by atoms with E-state index in [1.807, 2.05) is 25.8 Å². The van der Waals surface area contributed by atoms with Gasteiger partial charge in [0.25, 0.3) is 5.92 Å². The fourth-order valence-electron chi connectivity index (χ4n) is 1.70. The van der Waals surface area contributed by atoms with Crippen molar-refractivity contribution in [3.05, 3.63) is 0 Å². The fourth-order valence-corrected chi connectivity index (χ4v) is 1.70. The summed E-state index contributed by atoms with van der Waals surface area (Å²) in [5.74, 6) is -2.91. The van der Waals surface area contributed by atoms with E-state index in [1.165, 1.54) is 0 Å². The van der Waals surface area contributed by atoms with Crippen molar-refractivity contribution in [1.29, 1.82) is 0 Å². The van der Waals surface area contributed by atoms with Gasteiger partial charge in [-0.1, -0.05) is 13.8 Å². The summed E-state index contributed by atoms with van der Waals surface area (Å²) >= 11 is 0. The highest BCUT2D eigenvalue weighted by Crippen LogP contribution is 2.58. The largest absolute Gasteiger partial charge is 0.305 e. The monoisotopic (exact) mass is 163 g/mol. The Bertz CT molecular complexity index is 133. The number of piperidine rings is 1. The zero-order valence-corrected chi connectivity index (χ0v) is 7.27. The van der Waals surface area contributed by atoms with Crippen LogP contribution in [0.25, 0.3) is 0 Å². The van der Waals surface area contributed by atoms with Crippen molar-refractivity contribution in [2.45, 2.75) is 19.8 Å². The third kappa shape index (κ3) is 1.26. The number of likely N-dealkylation sites (tertiary alicyclic amines) is 1. The molecule has 0 bridgehead atoms. The van der Waals surface area contributed by atoms with Crippen molar-refractivity contribution < 1.29 is 8.78 Å². The standard InChI is InChI=1S/C6H9F2N.C2H6/c1-9-2-4-5(3-9)6(4,7)8;1-2/h4-5H,2-3H2,1H3;1-2H3. The molecular formula is C8H15F2N. The first-order valence-electron chi connectivity index (χ1n) is 4.18. The Hall–Kier alpha value is -0.180. The highest BCUT2D eigenvalue weighted by atomic mass is 19.3. The smallest absolute Gasteiger partial charge is 0.257 e. The molecule has 1 aliphatic carbocycles. The van der Waals surface area contributed by atoms with E-state index in [0.717, 1.165) is 0 Å². The van der Waals surface area contributed by atoms with Crippen molar-refractivity contribution in [2.75, 3.05) is 20.1 Å². The summed E-state index contributed by atoms with van der Waals surface area (Å²) in [7, 11) is 1.89. The average molecular weight is 163 g/mol. The Labute approximate surface area is 66.4 Å². The second-order valence-corrected chi connectivity index (χ2v) is 3.11. The molecule has 1 saturated heterocycles. The lowest BCUT2D eigenvalue weighted by Gasteiger charge is -2.11. The maximum atomic E-state index is 12.4. The second-order valence-electron chi connectivity index (χ2n) is 3.11. The molecule has 0 spiro atoms. The fraction of sp³-hybridized carbons (Fsp3) is 1.00. The predicted molar refractivity (Wildman–Crippen MR) is 40.8 cm³/mol. The van der Waals surface area contributed by atoms with E-state index in [-0.39, 0.29) is 11.8 Å². The Kier molecular flexibility index (Phi) is 2.19. The molecule has 0 aromatic carbocycles. The van der Waals surface area contributed by atoms with Crippen molar-refractivity contribution in [3.8, 4) is 0 Å². The minimum absolute atomic E-state index is 0.303. The molecular weight excluding hydrogens is 148 g/mol. The van der Waals surface area contributed by atoms with E-state index in [2.05, 4.69) is 0 Å². The molecule has 0 radical (unpaired) electrons. The van der Waals surface area contributed by atoms with E-state index in [9.17, 15) is 8.78 Å². The Morgan fingerprint density at radius 2 is 1.55 bits per heavy atom. The first kappa shape index (κ1) is 8.91. The summed E-state index contributed by atoms with van der Waals surface area (Å²) in [5.41, 5.74) is 0. The first-order chi connectivity index (χ1) is 5.12. The third-order valence-electron chi connectivity index (χ3n) is 2.38. The lowest BCUT2D eigenvalue weighted by atomic mass is 10.4. The molecule has 11 heavy (non-hydrogen) atoms. The van der Waals surface area contributed by atoms with E-state index in [4.69, 9.17) is 0 Å². The molecule has 0 aromatic rings. The molecule has 2 fully saturated rings. The number of hydrogen-bond donors (Lipinski definition) is 0. The van der Waals surface area contributed by atoms with Gasteiger partial charge in [0.1, 0.15) is 0 Å². The summed E-state index contributed by atoms with van der Waals surface area (Å²) < 4.78 is 24.8. The topological polar surface area (TPSA) is 3.24 Å². The van der Waals surface area contributed by atoms with Crippen molar-refractivity contribution >= 4 is 0 Å². The zero-order valence-electron chi connectivity index (χ0n) is 7.27. The molecule has 1 nitrogen and oxygen atoms in total. The number of nitrogens with zero attached hydrogens (tertiary/aromatic N) is 1. The SMILES string of the molecule is CC.CN1CC2C(C1)C2(F)F. The number of halogens is 2. The van der Waals surface area contributed by atoms with Crippen molar-refractivity contribution in [2.24, 2.45) is 11.8 Å². The van der Waals surface area contributed by atoms with Crippen molar-refractivity contribution in [3.63, 3.8) is 0 Å². The van der Waals surface area contributed by atoms with E-state index in [0.29, 0.717) is 13.1 Å². The van der Waals surface area contributed by atoms with Gasteiger partial charge in [-0.2, -0.15) is 0 Å². The summed E-state index contributed by atoms with van der Waals surface area (Å²) in [6, 6.07) is 0. The minimum Gasteiger partial charge on any atom is -0.305 e. The lowest BCUT2D eigenvalue weighted by molar-refractivity contribution is 0.0583. The van der Waals surface area contributed by atoms with Gasteiger partial charge in [-0.15, -0.1) is 0 Å². The molecule has 3 heteroatoms. The minimum atomic E-state index is -2.30. The first-order valence-corrected chi connectivity index (χ1v) is 4.18. The molecule has 2 aliphatic rings. The molecule has 2 unspecified atom stereocenters. The van der Waals surface area contributed by atoms with Crippen LogP contribution >= 0.6 is 0 Å². The summed E-state index contributed by atoms with van der Waals surface area (Å²) in [4.78, 5) is 1.97. The Morgan fingerprint density at radius 1 is 1.18 bits per heavy atom. The number of hydrogen-bond acceptors (Lipinski definition) is 1. The normalized spacial score (nSPS) is 39.0. The Balaban J connectivity index is 0.000000281. The highest BCUT2D eigenvalue weighted by molar-refractivity contribution is 5.11. The molecule has 66 valence electrons. The van der Waals surface area contributed by atoms with Crippen LogP contribution in [-0.2, 0) is 0 Å². The van der Waals surface area contributed by atoms with Crippen LogP contribution < -0.4 is 0 Å². The van der Waals surface area contributed by atoms with Gasteiger partial charge in [0, 0.05) is 24.9 Å². The van der Waals surface area contributed by atoms with Gasteiger partial charge < -0.3 is 4.90 Å². The van der Waals surface area contributed by atoms with Crippen LogP contribution in [0.2, 0.25) is 0 Å². The average Bonchev–Trinajstić information content (AvgIpc) is 2.34. The summed E-state index contributed by atoms with van der Waals surface area (Å²) in [6.45, 7) is 5.19. The molecule has 0 N–H and O–H groups in total. The molecule has 2 atom stereocenters. The Morgan fingerprint density at radius 3 is 1.82 bits per heavy atom. The second kappa shape index (κ2) is 2.70.